The number of sulfonamides is 1. The first-order valence-corrected chi connectivity index (χ1v) is 20.3. The van der Waals surface area contributed by atoms with Gasteiger partial charge in [-0.2, -0.15) is 0 Å². The molecule has 9 nitrogen and oxygen atoms in total. The highest BCUT2D eigenvalue weighted by molar-refractivity contribution is 7.90. The summed E-state index contributed by atoms with van der Waals surface area (Å²) in [6.45, 7) is 5.99. The van der Waals surface area contributed by atoms with Crippen molar-refractivity contribution in [3.8, 4) is 0 Å². The molecule has 0 amide bonds. The van der Waals surface area contributed by atoms with Crippen molar-refractivity contribution >= 4 is 19.9 Å². The Hall–Kier alpha value is -2.71. The molecule has 0 aliphatic carbocycles. The first-order valence-electron chi connectivity index (χ1n) is 16.5. The van der Waals surface area contributed by atoms with Crippen molar-refractivity contribution in [1.29, 1.82) is 0 Å². The lowest BCUT2D eigenvalue weighted by Gasteiger charge is -2.38. The monoisotopic (exact) mass is 689 g/mol. The van der Waals surface area contributed by atoms with Crippen LogP contribution in [0.2, 0.25) is 0 Å². The lowest BCUT2D eigenvalue weighted by Crippen LogP contribution is -2.40. The summed E-state index contributed by atoms with van der Waals surface area (Å²) in [4.78, 5) is 9.93. The number of imidazole rings is 1. The van der Waals surface area contributed by atoms with E-state index in [4.69, 9.17) is 4.98 Å². The molecule has 1 atom stereocenters. The minimum absolute atomic E-state index is 0.0409. The van der Waals surface area contributed by atoms with E-state index in [0.717, 1.165) is 82.3 Å². The SMILES string of the molecule is CS(=O)(=O)c1ccc(CN2CCc3c(ncn3C3CCN(CC[C@@H](c4cc(F)cc(F)c4)C4CCN(S(C)(=O)=O)CC4)CC3)C2)cc1. The Kier molecular flexibility index (Phi) is 10.2. The van der Waals surface area contributed by atoms with Crippen LogP contribution >= 0.6 is 0 Å². The van der Waals surface area contributed by atoms with Gasteiger partial charge in [0.05, 0.1) is 23.2 Å². The van der Waals surface area contributed by atoms with Gasteiger partial charge in [-0.3, -0.25) is 4.90 Å². The Morgan fingerprint density at radius 2 is 1.51 bits per heavy atom. The fourth-order valence-corrected chi connectivity index (χ4v) is 9.26. The maximum atomic E-state index is 14.3. The molecule has 1 aromatic heterocycles. The summed E-state index contributed by atoms with van der Waals surface area (Å²) in [5, 5.41) is 0. The molecule has 2 aromatic carbocycles. The van der Waals surface area contributed by atoms with Crippen LogP contribution in [0.4, 0.5) is 8.78 Å². The molecule has 2 saturated heterocycles. The van der Waals surface area contributed by atoms with Gasteiger partial charge in [-0.25, -0.2) is 34.9 Å². The van der Waals surface area contributed by atoms with Crippen LogP contribution in [-0.4, -0.2) is 92.3 Å². The smallest absolute Gasteiger partial charge is 0.211 e. The minimum atomic E-state index is -3.25. The molecule has 0 spiro atoms. The molecule has 47 heavy (non-hydrogen) atoms. The molecule has 4 heterocycles. The molecular weight excluding hydrogens is 645 g/mol. The quantitative estimate of drug-likeness (QED) is 0.307. The van der Waals surface area contributed by atoms with Crippen molar-refractivity contribution in [2.45, 2.75) is 68.5 Å². The van der Waals surface area contributed by atoms with Gasteiger partial charge in [0.15, 0.2) is 9.84 Å². The lowest BCUT2D eigenvalue weighted by molar-refractivity contribution is 0.165. The van der Waals surface area contributed by atoms with Crippen molar-refractivity contribution in [2.24, 2.45) is 5.92 Å². The molecule has 0 radical (unpaired) electrons. The van der Waals surface area contributed by atoms with Crippen molar-refractivity contribution in [3.05, 3.63) is 82.9 Å². The highest BCUT2D eigenvalue weighted by Crippen LogP contribution is 2.37. The number of rotatable bonds is 10. The molecule has 0 bridgehead atoms. The first kappa shape index (κ1) is 34.2. The second kappa shape index (κ2) is 14.0. The molecule has 2 fully saturated rings. The standard InChI is InChI=1S/C34H45F2N5O4S2/c1-46(42,43)31-5-3-25(4-6-31)22-39-16-12-34-33(23-39)37-24-41(34)30-9-13-38(14-10-30)15-11-32(27-19-28(35)21-29(36)20-27)26-7-17-40(18-8-26)47(2,44)45/h3-6,19-21,24,26,30,32H,7-18,22-23H2,1-2H3/t32-/m1/s1. The zero-order valence-electron chi connectivity index (χ0n) is 27.2. The number of aromatic nitrogens is 2. The van der Waals surface area contributed by atoms with Crippen LogP contribution in [-0.2, 0) is 39.4 Å². The van der Waals surface area contributed by atoms with Crippen LogP contribution in [0.3, 0.4) is 0 Å². The van der Waals surface area contributed by atoms with Crippen LogP contribution in [0, 0.1) is 17.6 Å². The number of likely N-dealkylation sites (tertiary alicyclic amines) is 1. The number of hydrogen-bond acceptors (Lipinski definition) is 7. The van der Waals surface area contributed by atoms with Crippen LogP contribution < -0.4 is 0 Å². The maximum Gasteiger partial charge on any atom is 0.211 e. The van der Waals surface area contributed by atoms with E-state index in [1.54, 1.807) is 12.1 Å². The number of nitrogens with zero attached hydrogens (tertiary/aromatic N) is 5. The van der Waals surface area contributed by atoms with Crippen LogP contribution in [0.15, 0.2) is 53.7 Å². The number of fused-ring (bicyclic) bond motifs is 1. The van der Waals surface area contributed by atoms with Gasteiger partial charge in [0.1, 0.15) is 11.6 Å². The Bertz CT molecular complexity index is 1750. The predicted octanol–water partition coefficient (Wildman–Crippen LogP) is 4.61. The van der Waals surface area contributed by atoms with Gasteiger partial charge in [0.25, 0.3) is 0 Å². The summed E-state index contributed by atoms with van der Waals surface area (Å²) < 4.78 is 80.1. The summed E-state index contributed by atoms with van der Waals surface area (Å²) in [5.41, 5.74) is 4.16. The molecule has 256 valence electrons. The average molecular weight is 690 g/mol. The fraction of sp³-hybridized carbons (Fsp3) is 0.559. The molecule has 6 rings (SSSR count). The van der Waals surface area contributed by atoms with E-state index in [2.05, 4.69) is 14.4 Å². The van der Waals surface area contributed by atoms with Gasteiger partial charge in [-0.05, 0) is 85.9 Å². The minimum Gasteiger partial charge on any atom is -0.331 e. The van der Waals surface area contributed by atoms with E-state index in [0.29, 0.717) is 42.4 Å². The topological polar surface area (TPSA) is 95.8 Å². The first-order chi connectivity index (χ1) is 22.3. The number of benzene rings is 2. The Balaban J connectivity index is 1.04. The van der Waals surface area contributed by atoms with E-state index >= 15 is 0 Å². The molecule has 3 aliphatic rings. The maximum absolute atomic E-state index is 14.3. The third-order valence-corrected chi connectivity index (χ3v) is 12.8. The Morgan fingerprint density at radius 3 is 2.13 bits per heavy atom. The van der Waals surface area contributed by atoms with E-state index in [1.807, 2.05) is 18.5 Å². The van der Waals surface area contributed by atoms with E-state index in [-0.39, 0.29) is 11.8 Å². The highest BCUT2D eigenvalue weighted by atomic mass is 32.2. The molecule has 0 unspecified atom stereocenters. The van der Waals surface area contributed by atoms with Crippen LogP contribution in [0.25, 0.3) is 0 Å². The second-order valence-corrected chi connectivity index (χ2v) is 17.6. The second-order valence-electron chi connectivity index (χ2n) is 13.6. The Morgan fingerprint density at radius 1 is 0.851 bits per heavy atom. The van der Waals surface area contributed by atoms with E-state index in [9.17, 15) is 25.6 Å². The predicted molar refractivity (Wildman–Crippen MR) is 177 cm³/mol. The van der Waals surface area contributed by atoms with Crippen molar-refractivity contribution < 1.29 is 25.6 Å². The molecular formula is C34H45F2N5O4S2. The zero-order valence-corrected chi connectivity index (χ0v) is 28.8. The number of hydrogen-bond donors (Lipinski definition) is 0. The van der Waals surface area contributed by atoms with Gasteiger partial charge < -0.3 is 9.47 Å². The van der Waals surface area contributed by atoms with E-state index < -0.39 is 31.5 Å². The molecule has 3 aliphatic heterocycles. The van der Waals surface area contributed by atoms with Gasteiger partial charge >= 0.3 is 0 Å². The van der Waals surface area contributed by atoms with Gasteiger partial charge in [-0.15, -0.1) is 0 Å². The molecule has 3 aromatic rings. The van der Waals surface area contributed by atoms with Crippen molar-refractivity contribution in [1.82, 2.24) is 23.7 Å². The van der Waals surface area contributed by atoms with Gasteiger partial charge in [0, 0.05) is 76.3 Å². The lowest BCUT2D eigenvalue weighted by atomic mass is 9.78. The molecule has 0 N–H and O–H groups in total. The van der Waals surface area contributed by atoms with Gasteiger partial charge in [-0.1, -0.05) is 12.1 Å². The Labute approximate surface area is 277 Å². The highest BCUT2D eigenvalue weighted by Gasteiger charge is 2.32. The third-order valence-electron chi connectivity index (χ3n) is 10.3. The number of sulfone groups is 1. The van der Waals surface area contributed by atoms with Crippen LogP contribution in [0.5, 0.6) is 0 Å². The van der Waals surface area contributed by atoms with Crippen LogP contribution in [0.1, 0.15) is 66.6 Å². The summed E-state index contributed by atoms with van der Waals surface area (Å²) >= 11 is 0. The molecule has 0 saturated carbocycles. The number of piperidine rings is 2. The fourth-order valence-electron chi connectivity index (χ4n) is 7.75. The summed E-state index contributed by atoms with van der Waals surface area (Å²) in [7, 11) is -6.46. The third kappa shape index (κ3) is 8.30. The molecule has 13 heteroatoms. The number of halogens is 2. The summed E-state index contributed by atoms with van der Waals surface area (Å²) in [6, 6.07) is 11.3. The summed E-state index contributed by atoms with van der Waals surface area (Å²) in [6.07, 6.45) is 9.50. The van der Waals surface area contributed by atoms with Crippen molar-refractivity contribution in [3.63, 3.8) is 0 Å². The van der Waals surface area contributed by atoms with Gasteiger partial charge in [0.2, 0.25) is 10.0 Å². The van der Waals surface area contributed by atoms with Crippen molar-refractivity contribution in [2.75, 3.05) is 51.8 Å². The summed E-state index contributed by atoms with van der Waals surface area (Å²) in [5.74, 6) is -1.03. The normalized spacial score (nSPS) is 20.3. The van der Waals surface area contributed by atoms with E-state index in [1.165, 1.54) is 34.6 Å². The zero-order chi connectivity index (χ0) is 33.3. The largest absolute Gasteiger partial charge is 0.331 e. The average Bonchev–Trinajstić information content (AvgIpc) is 3.44.